The average molecular weight is 276 g/mol. The molecule has 0 amide bonds. The molecule has 0 bridgehead atoms. The molecule has 0 aliphatic carbocycles. The Balaban J connectivity index is 2.47. The van der Waals surface area contributed by atoms with E-state index in [-0.39, 0.29) is 0 Å². The zero-order valence-corrected chi connectivity index (χ0v) is 14.2. The van der Waals surface area contributed by atoms with Crippen LogP contribution in [0.4, 0.5) is 0 Å². The summed E-state index contributed by atoms with van der Waals surface area (Å²) < 4.78 is 0. The van der Waals surface area contributed by atoms with Crippen molar-refractivity contribution in [2.75, 3.05) is 20.1 Å². The van der Waals surface area contributed by atoms with E-state index in [4.69, 9.17) is 0 Å². The van der Waals surface area contributed by atoms with Crippen LogP contribution in [-0.4, -0.2) is 31.1 Å². The SMILES string of the molecule is CCNC(CCN(C)Cc1cccc(C)c1)C(C)(C)C. The van der Waals surface area contributed by atoms with Gasteiger partial charge in [-0.15, -0.1) is 0 Å². The van der Waals surface area contributed by atoms with Gasteiger partial charge in [-0.05, 0) is 44.5 Å². The van der Waals surface area contributed by atoms with Crippen molar-refractivity contribution in [3.05, 3.63) is 35.4 Å². The summed E-state index contributed by atoms with van der Waals surface area (Å²) >= 11 is 0. The third-order valence-electron chi connectivity index (χ3n) is 3.83. The van der Waals surface area contributed by atoms with Crippen LogP contribution >= 0.6 is 0 Å². The van der Waals surface area contributed by atoms with E-state index in [2.05, 4.69) is 76.1 Å². The van der Waals surface area contributed by atoms with Crippen LogP contribution in [0, 0.1) is 12.3 Å². The van der Waals surface area contributed by atoms with Crippen molar-refractivity contribution in [1.29, 1.82) is 0 Å². The summed E-state index contributed by atoms with van der Waals surface area (Å²) in [6.45, 7) is 14.5. The van der Waals surface area contributed by atoms with Gasteiger partial charge in [-0.3, -0.25) is 0 Å². The second-order valence-corrected chi connectivity index (χ2v) is 6.99. The number of aryl methyl sites for hydroxylation is 1. The average Bonchev–Trinajstić information content (AvgIpc) is 2.33. The minimum atomic E-state index is 0.320. The van der Waals surface area contributed by atoms with Crippen LogP contribution < -0.4 is 5.32 Å². The minimum Gasteiger partial charge on any atom is -0.314 e. The Bertz CT molecular complexity index is 393. The van der Waals surface area contributed by atoms with Gasteiger partial charge >= 0.3 is 0 Å². The second kappa shape index (κ2) is 7.80. The van der Waals surface area contributed by atoms with E-state index in [1.165, 1.54) is 17.5 Å². The summed E-state index contributed by atoms with van der Waals surface area (Å²) in [6, 6.07) is 9.38. The maximum absolute atomic E-state index is 3.62. The van der Waals surface area contributed by atoms with Crippen molar-refractivity contribution in [3.8, 4) is 0 Å². The molecule has 1 rings (SSSR count). The highest BCUT2D eigenvalue weighted by atomic mass is 15.1. The Hall–Kier alpha value is -0.860. The van der Waals surface area contributed by atoms with Crippen molar-refractivity contribution < 1.29 is 0 Å². The lowest BCUT2D eigenvalue weighted by Crippen LogP contribution is -2.42. The maximum Gasteiger partial charge on any atom is 0.0230 e. The van der Waals surface area contributed by atoms with E-state index in [0.717, 1.165) is 19.6 Å². The molecule has 0 radical (unpaired) electrons. The lowest BCUT2D eigenvalue weighted by molar-refractivity contribution is 0.221. The highest BCUT2D eigenvalue weighted by molar-refractivity contribution is 5.21. The van der Waals surface area contributed by atoms with Gasteiger partial charge in [0.25, 0.3) is 0 Å². The molecule has 1 unspecified atom stereocenters. The molecule has 1 atom stereocenters. The largest absolute Gasteiger partial charge is 0.314 e. The molecule has 2 heteroatoms. The van der Waals surface area contributed by atoms with E-state index < -0.39 is 0 Å². The molecule has 0 heterocycles. The van der Waals surface area contributed by atoms with E-state index >= 15 is 0 Å². The maximum atomic E-state index is 3.62. The Morgan fingerprint density at radius 1 is 1.25 bits per heavy atom. The van der Waals surface area contributed by atoms with Gasteiger partial charge in [0.2, 0.25) is 0 Å². The van der Waals surface area contributed by atoms with Crippen LogP contribution in [0.5, 0.6) is 0 Å². The molecule has 20 heavy (non-hydrogen) atoms. The summed E-state index contributed by atoms with van der Waals surface area (Å²) in [6.07, 6.45) is 1.19. The smallest absolute Gasteiger partial charge is 0.0230 e. The standard InChI is InChI=1S/C18H32N2/c1-7-19-17(18(3,4)5)11-12-20(6)14-16-10-8-9-15(2)13-16/h8-10,13,17,19H,7,11-12,14H2,1-6H3. The van der Waals surface area contributed by atoms with E-state index in [0.29, 0.717) is 11.5 Å². The van der Waals surface area contributed by atoms with Crippen LogP contribution in [0.25, 0.3) is 0 Å². The molecular formula is C18H32N2. The minimum absolute atomic E-state index is 0.320. The molecule has 2 nitrogen and oxygen atoms in total. The van der Waals surface area contributed by atoms with Crippen LogP contribution in [0.3, 0.4) is 0 Å². The highest BCUT2D eigenvalue weighted by Gasteiger charge is 2.23. The van der Waals surface area contributed by atoms with Gasteiger partial charge in [-0.25, -0.2) is 0 Å². The van der Waals surface area contributed by atoms with Gasteiger partial charge in [-0.2, -0.15) is 0 Å². The molecule has 0 aliphatic rings. The summed E-state index contributed by atoms with van der Waals surface area (Å²) in [4.78, 5) is 2.42. The van der Waals surface area contributed by atoms with Crippen LogP contribution in [0.1, 0.15) is 45.2 Å². The van der Waals surface area contributed by atoms with Crippen molar-refractivity contribution in [3.63, 3.8) is 0 Å². The molecule has 1 N–H and O–H groups in total. The third-order valence-corrected chi connectivity index (χ3v) is 3.83. The topological polar surface area (TPSA) is 15.3 Å². The van der Waals surface area contributed by atoms with Gasteiger partial charge in [0.1, 0.15) is 0 Å². The van der Waals surface area contributed by atoms with Crippen molar-refractivity contribution in [2.24, 2.45) is 5.41 Å². The van der Waals surface area contributed by atoms with Crippen LogP contribution in [0.2, 0.25) is 0 Å². The van der Waals surface area contributed by atoms with Gasteiger partial charge in [0.15, 0.2) is 0 Å². The zero-order valence-electron chi connectivity index (χ0n) is 14.2. The molecule has 0 saturated heterocycles. The Labute approximate surface area is 125 Å². The number of hydrogen-bond acceptors (Lipinski definition) is 2. The molecule has 0 saturated carbocycles. The normalized spacial score (nSPS) is 13.8. The number of nitrogens with one attached hydrogen (secondary N) is 1. The first-order valence-electron chi connectivity index (χ1n) is 7.80. The fourth-order valence-corrected chi connectivity index (χ4v) is 2.64. The van der Waals surface area contributed by atoms with Crippen LogP contribution in [0.15, 0.2) is 24.3 Å². The molecule has 1 aromatic carbocycles. The quantitative estimate of drug-likeness (QED) is 0.814. The number of benzene rings is 1. The third kappa shape index (κ3) is 6.06. The molecule has 0 aliphatic heterocycles. The van der Waals surface area contributed by atoms with E-state index in [9.17, 15) is 0 Å². The zero-order chi connectivity index (χ0) is 15.2. The van der Waals surface area contributed by atoms with Crippen molar-refractivity contribution in [1.82, 2.24) is 10.2 Å². The fourth-order valence-electron chi connectivity index (χ4n) is 2.64. The Kier molecular flexibility index (Phi) is 6.70. The van der Waals surface area contributed by atoms with Crippen molar-refractivity contribution >= 4 is 0 Å². The Morgan fingerprint density at radius 2 is 1.95 bits per heavy atom. The van der Waals surface area contributed by atoms with Crippen molar-refractivity contribution in [2.45, 2.75) is 53.6 Å². The number of hydrogen-bond donors (Lipinski definition) is 1. The van der Waals surface area contributed by atoms with Crippen LogP contribution in [-0.2, 0) is 6.54 Å². The molecular weight excluding hydrogens is 244 g/mol. The monoisotopic (exact) mass is 276 g/mol. The summed E-state index contributed by atoms with van der Waals surface area (Å²) in [5, 5.41) is 3.62. The van der Waals surface area contributed by atoms with Gasteiger partial charge in [0, 0.05) is 12.6 Å². The summed E-state index contributed by atoms with van der Waals surface area (Å²) in [5.41, 5.74) is 3.07. The number of nitrogens with zero attached hydrogens (tertiary/aromatic N) is 1. The molecule has 0 spiro atoms. The summed E-state index contributed by atoms with van der Waals surface area (Å²) in [5.74, 6) is 0. The first kappa shape index (κ1) is 17.2. The molecule has 114 valence electrons. The highest BCUT2D eigenvalue weighted by Crippen LogP contribution is 2.22. The lowest BCUT2D eigenvalue weighted by Gasteiger charge is -2.33. The van der Waals surface area contributed by atoms with Gasteiger partial charge < -0.3 is 10.2 Å². The molecule has 0 aromatic heterocycles. The van der Waals surface area contributed by atoms with E-state index in [1.54, 1.807) is 0 Å². The predicted molar refractivity (Wildman–Crippen MR) is 89.0 cm³/mol. The number of rotatable bonds is 7. The lowest BCUT2D eigenvalue weighted by atomic mass is 9.84. The second-order valence-electron chi connectivity index (χ2n) is 6.99. The summed E-state index contributed by atoms with van der Waals surface area (Å²) in [7, 11) is 2.22. The fraction of sp³-hybridized carbons (Fsp3) is 0.667. The van der Waals surface area contributed by atoms with Gasteiger partial charge in [0.05, 0.1) is 0 Å². The first-order valence-corrected chi connectivity index (χ1v) is 7.80. The predicted octanol–water partition coefficient (Wildman–Crippen LogP) is 3.84. The first-order chi connectivity index (χ1) is 9.32. The van der Waals surface area contributed by atoms with Gasteiger partial charge in [-0.1, -0.05) is 57.5 Å². The molecule has 1 aromatic rings. The Morgan fingerprint density at radius 3 is 2.50 bits per heavy atom. The van der Waals surface area contributed by atoms with E-state index in [1.807, 2.05) is 0 Å². The molecule has 0 fully saturated rings.